The van der Waals surface area contributed by atoms with Crippen LogP contribution in [0.3, 0.4) is 0 Å². The molecule has 1 saturated heterocycles. The summed E-state index contributed by atoms with van der Waals surface area (Å²) in [6, 6.07) is 9.48. The highest BCUT2D eigenvalue weighted by atomic mass is 19.3. The van der Waals surface area contributed by atoms with Crippen molar-refractivity contribution in [2.45, 2.75) is 32.9 Å². The van der Waals surface area contributed by atoms with E-state index in [-0.39, 0.29) is 47.2 Å². The van der Waals surface area contributed by atoms with Crippen LogP contribution in [-0.4, -0.2) is 43.5 Å². The Morgan fingerprint density at radius 2 is 1.94 bits per heavy atom. The minimum absolute atomic E-state index is 0.131. The molecule has 3 rings (SSSR count). The van der Waals surface area contributed by atoms with Crippen LogP contribution in [0.2, 0.25) is 0 Å². The van der Waals surface area contributed by atoms with Crippen LogP contribution >= 0.6 is 0 Å². The van der Waals surface area contributed by atoms with Gasteiger partial charge in [-0.1, -0.05) is 24.3 Å². The van der Waals surface area contributed by atoms with Crippen molar-refractivity contribution in [3.8, 4) is 11.5 Å². The largest absolute Gasteiger partial charge is 0.493 e. The predicted octanol–water partition coefficient (Wildman–Crippen LogP) is 4.31. The number of ether oxygens (including phenoxy) is 2. The molecule has 2 aromatic carbocycles. The molecule has 182 valence electrons. The lowest BCUT2D eigenvalue weighted by Gasteiger charge is -2.30. The molecule has 0 unspecified atom stereocenters. The van der Waals surface area contributed by atoms with Crippen molar-refractivity contribution >= 4 is 17.9 Å². The van der Waals surface area contributed by atoms with Crippen LogP contribution in [0.4, 0.5) is 13.2 Å². The summed E-state index contributed by atoms with van der Waals surface area (Å²) < 4.78 is 48.8. The summed E-state index contributed by atoms with van der Waals surface area (Å²) in [7, 11) is 1.34. The highest BCUT2D eigenvalue weighted by Crippen LogP contribution is 2.33. The molecule has 0 saturated carbocycles. The van der Waals surface area contributed by atoms with Gasteiger partial charge in [-0.25, -0.2) is 4.39 Å². The van der Waals surface area contributed by atoms with Gasteiger partial charge in [-0.3, -0.25) is 9.59 Å². The Morgan fingerprint density at radius 1 is 1.21 bits per heavy atom. The second-order valence-corrected chi connectivity index (χ2v) is 7.99. The van der Waals surface area contributed by atoms with E-state index in [1.165, 1.54) is 31.4 Å². The summed E-state index contributed by atoms with van der Waals surface area (Å²) in [5.74, 6) is -0.988. The van der Waals surface area contributed by atoms with Crippen molar-refractivity contribution < 1.29 is 32.2 Å². The van der Waals surface area contributed by atoms with E-state index >= 15 is 0 Å². The minimum Gasteiger partial charge on any atom is -0.493 e. The highest BCUT2D eigenvalue weighted by Gasteiger charge is 2.26. The number of halogens is 3. The molecule has 2 aromatic rings. The number of carbonyl (C=O) groups excluding carboxylic acids is 2. The zero-order valence-corrected chi connectivity index (χ0v) is 19.0. The molecule has 1 aliphatic rings. The lowest BCUT2D eigenvalue weighted by molar-refractivity contribution is -0.132. The second-order valence-electron chi connectivity index (χ2n) is 7.99. The van der Waals surface area contributed by atoms with Crippen LogP contribution in [0.5, 0.6) is 11.5 Å². The standard InChI is InChI=1S/C25H27F3N2O4/c1-16-6-7-17(14-20(16)26)15-29-24(32)19-10-12-30(13-11-19)22(31)9-8-18-4-3-5-21(33-2)23(18)34-25(27)28/h3-9,14,19,25H,10-13,15H2,1-2H3,(H,29,32)/b9-8+. The first-order chi connectivity index (χ1) is 16.3. The first kappa shape index (κ1) is 25.1. The Labute approximate surface area is 196 Å². The number of para-hydroxylation sites is 1. The normalized spacial score (nSPS) is 14.5. The van der Waals surface area contributed by atoms with Gasteiger partial charge in [0.1, 0.15) is 5.82 Å². The molecule has 0 spiro atoms. The summed E-state index contributed by atoms with van der Waals surface area (Å²) >= 11 is 0. The number of rotatable bonds is 8. The molecule has 2 amide bonds. The van der Waals surface area contributed by atoms with Crippen molar-refractivity contribution in [3.05, 3.63) is 65.0 Å². The van der Waals surface area contributed by atoms with Crippen molar-refractivity contribution in [3.63, 3.8) is 0 Å². The van der Waals surface area contributed by atoms with Crippen LogP contribution in [0.25, 0.3) is 6.08 Å². The Bertz CT molecular complexity index is 1050. The molecule has 0 atom stereocenters. The molecule has 0 bridgehead atoms. The zero-order valence-electron chi connectivity index (χ0n) is 19.0. The SMILES string of the molecule is COc1cccc(/C=C/C(=O)N2CCC(C(=O)NCc3ccc(C)c(F)c3)CC2)c1OC(F)F. The maximum Gasteiger partial charge on any atom is 0.387 e. The third-order valence-electron chi connectivity index (χ3n) is 5.72. The maximum atomic E-state index is 13.7. The molecular weight excluding hydrogens is 449 g/mol. The number of alkyl halides is 2. The van der Waals surface area contributed by atoms with Crippen LogP contribution in [0, 0.1) is 18.7 Å². The monoisotopic (exact) mass is 476 g/mol. The molecule has 1 aliphatic heterocycles. The third kappa shape index (κ3) is 6.52. The highest BCUT2D eigenvalue weighted by molar-refractivity contribution is 5.92. The van der Waals surface area contributed by atoms with Crippen LogP contribution in [-0.2, 0) is 16.1 Å². The number of aryl methyl sites for hydroxylation is 1. The van der Waals surface area contributed by atoms with E-state index in [2.05, 4.69) is 10.1 Å². The van der Waals surface area contributed by atoms with E-state index in [9.17, 15) is 22.8 Å². The van der Waals surface area contributed by atoms with Gasteiger partial charge in [-0.2, -0.15) is 8.78 Å². The Kier molecular flexibility index (Phi) is 8.56. The molecule has 9 heteroatoms. The van der Waals surface area contributed by atoms with Crippen LogP contribution < -0.4 is 14.8 Å². The van der Waals surface area contributed by atoms with Crippen LogP contribution in [0.1, 0.15) is 29.5 Å². The number of carbonyl (C=O) groups is 2. The summed E-state index contributed by atoms with van der Waals surface area (Å²) in [6.45, 7) is -0.344. The molecule has 1 fully saturated rings. The van der Waals surface area contributed by atoms with Gasteiger partial charge in [0.25, 0.3) is 0 Å². The summed E-state index contributed by atoms with van der Waals surface area (Å²) in [4.78, 5) is 26.7. The molecule has 0 aromatic heterocycles. The fourth-order valence-corrected chi connectivity index (χ4v) is 3.75. The second kappa shape index (κ2) is 11.6. The molecule has 1 heterocycles. The van der Waals surface area contributed by atoms with E-state index in [0.29, 0.717) is 37.1 Å². The van der Waals surface area contributed by atoms with Crippen molar-refractivity contribution in [2.75, 3.05) is 20.2 Å². The minimum atomic E-state index is -3.03. The van der Waals surface area contributed by atoms with Crippen LogP contribution in [0.15, 0.2) is 42.5 Å². The smallest absolute Gasteiger partial charge is 0.387 e. The fourth-order valence-electron chi connectivity index (χ4n) is 3.75. The molecule has 6 nitrogen and oxygen atoms in total. The summed E-state index contributed by atoms with van der Waals surface area (Å²) in [5, 5.41) is 2.83. The average Bonchev–Trinajstić information content (AvgIpc) is 2.83. The van der Waals surface area contributed by atoms with E-state index in [1.54, 1.807) is 36.1 Å². The van der Waals surface area contributed by atoms with Crippen molar-refractivity contribution in [1.29, 1.82) is 0 Å². The molecule has 0 radical (unpaired) electrons. The van der Waals surface area contributed by atoms with Gasteiger partial charge in [0.2, 0.25) is 11.8 Å². The number of benzene rings is 2. The van der Waals surface area contributed by atoms with Gasteiger partial charge in [0.15, 0.2) is 11.5 Å². The third-order valence-corrected chi connectivity index (χ3v) is 5.72. The summed E-state index contributed by atoms with van der Waals surface area (Å²) in [5.41, 5.74) is 1.52. The zero-order chi connectivity index (χ0) is 24.7. The quantitative estimate of drug-likeness (QED) is 0.577. The average molecular weight is 476 g/mol. The fraction of sp³-hybridized carbons (Fsp3) is 0.360. The summed E-state index contributed by atoms with van der Waals surface area (Å²) in [6.07, 6.45) is 3.68. The maximum absolute atomic E-state index is 13.7. The topological polar surface area (TPSA) is 67.9 Å². The Hall–Kier alpha value is -3.49. The van der Waals surface area contributed by atoms with E-state index < -0.39 is 6.61 Å². The number of hydrogen-bond acceptors (Lipinski definition) is 4. The Balaban J connectivity index is 1.53. The molecule has 0 aliphatic carbocycles. The van der Waals surface area contributed by atoms with E-state index in [1.807, 2.05) is 0 Å². The van der Waals surface area contributed by atoms with Crippen molar-refractivity contribution in [1.82, 2.24) is 10.2 Å². The van der Waals surface area contributed by atoms with Gasteiger partial charge in [0, 0.05) is 37.2 Å². The van der Waals surface area contributed by atoms with Crippen molar-refractivity contribution in [2.24, 2.45) is 5.92 Å². The van der Waals surface area contributed by atoms with Gasteiger partial charge in [0.05, 0.1) is 7.11 Å². The van der Waals surface area contributed by atoms with E-state index in [4.69, 9.17) is 4.74 Å². The first-order valence-corrected chi connectivity index (χ1v) is 10.9. The van der Waals surface area contributed by atoms with Gasteiger partial charge in [-0.15, -0.1) is 0 Å². The predicted molar refractivity (Wildman–Crippen MR) is 121 cm³/mol. The number of piperidine rings is 1. The van der Waals surface area contributed by atoms with E-state index in [0.717, 1.165) is 0 Å². The number of nitrogens with one attached hydrogen (secondary N) is 1. The Morgan fingerprint density at radius 3 is 2.59 bits per heavy atom. The van der Waals surface area contributed by atoms with Gasteiger partial charge in [-0.05, 0) is 49.1 Å². The number of hydrogen-bond donors (Lipinski definition) is 1. The number of methoxy groups -OCH3 is 1. The number of nitrogens with zero attached hydrogens (tertiary/aromatic N) is 1. The molecule has 1 N–H and O–H groups in total. The lowest BCUT2D eigenvalue weighted by Crippen LogP contribution is -2.42. The van der Waals surface area contributed by atoms with Gasteiger partial charge < -0.3 is 19.7 Å². The molecular formula is C25H27F3N2O4. The first-order valence-electron chi connectivity index (χ1n) is 10.9. The molecule has 34 heavy (non-hydrogen) atoms. The van der Waals surface area contributed by atoms with Gasteiger partial charge >= 0.3 is 6.61 Å². The number of amides is 2. The lowest BCUT2D eigenvalue weighted by atomic mass is 9.95. The number of likely N-dealkylation sites (tertiary alicyclic amines) is 1.